The standard InChI is InChI=1S/C42H31NOSi/c1-45(2)39-24-23-36-35-17-8-9-18-38(35)44-42(36)41(39)37-22-21-34(27-40(37)45)43(32-14-4-3-5-15-32)33-16-10-13-30(26-33)31-20-19-28-11-6-7-12-29(28)25-31/h3-27H,1-2H3. The van der Waals surface area contributed by atoms with Crippen LogP contribution in [0.3, 0.4) is 0 Å². The lowest BCUT2D eigenvalue weighted by molar-refractivity contribution is 0.670. The van der Waals surface area contributed by atoms with Crippen molar-refractivity contribution in [2.45, 2.75) is 13.1 Å². The van der Waals surface area contributed by atoms with Gasteiger partial charge in [-0.2, -0.15) is 0 Å². The lowest BCUT2D eigenvalue weighted by Gasteiger charge is -2.28. The van der Waals surface area contributed by atoms with Gasteiger partial charge in [-0.1, -0.05) is 116 Å². The molecule has 1 aliphatic heterocycles. The highest BCUT2D eigenvalue weighted by Gasteiger charge is 2.40. The van der Waals surface area contributed by atoms with E-state index in [4.69, 9.17) is 4.42 Å². The quantitative estimate of drug-likeness (QED) is 0.189. The van der Waals surface area contributed by atoms with Crippen molar-refractivity contribution in [1.82, 2.24) is 0 Å². The molecule has 8 aromatic rings. The monoisotopic (exact) mass is 593 g/mol. The first-order valence-electron chi connectivity index (χ1n) is 15.6. The molecule has 1 aromatic heterocycles. The Morgan fingerprint density at radius 1 is 0.489 bits per heavy atom. The van der Waals surface area contributed by atoms with Crippen molar-refractivity contribution in [2.75, 3.05) is 4.90 Å². The molecule has 0 saturated carbocycles. The number of hydrogen-bond acceptors (Lipinski definition) is 2. The molecular weight excluding hydrogens is 563 g/mol. The number of anilines is 3. The molecule has 0 atom stereocenters. The minimum Gasteiger partial charge on any atom is -0.455 e. The van der Waals surface area contributed by atoms with Crippen LogP contribution < -0.4 is 15.3 Å². The third kappa shape index (κ3) is 4.01. The summed E-state index contributed by atoms with van der Waals surface area (Å²) in [6.45, 7) is 4.95. The zero-order valence-corrected chi connectivity index (χ0v) is 26.3. The number of benzene rings is 7. The van der Waals surface area contributed by atoms with E-state index in [0.717, 1.165) is 22.5 Å². The van der Waals surface area contributed by atoms with Gasteiger partial charge in [0.2, 0.25) is 0 Å². The number of furan rings is 1. The van der Waals surface area contributed by atoms with Crippen LogP contribution in [0.15, 0.2) is 156 Å². The van der Waals surface area contributed by atoms with E-state index in [9.17, 15) is 0 Å². The second-order valence-electron chi connectivity index (χ2n) is 12.6. The minimum atomic E-state index is -2.00. The maximum atomic E-state index is 6.56. The van der Waals surface area contributed by atoms with Crippen LogP contribution in [-0.4, -0.2) is 8.07 Å². The summed E-state index contributed by atoms with van der Waals surface area (Å²) in [5.41, 5.74) is 10.4. The molecule has 45 heavy (non-hydrogen) atoms. The van der Waals surface area contributed by atoms with Crippen LogP contribution in [0.25, 0.3) is 55.0 Å². The Kier molecular flexibility index (Phi) is 5.68. The maximum Gasteiger partial charge on any atom is 0.143 e. The Hall–Kier alpha value is -5.38. The zero-order valence-electron chi connectivity index (χ0n) is 25.3. The topological polar surface area (TPSA) is 16.4 Å². The molecule has 0 radical (unpaired) electrons. The molecule has 1 aliphatic rings. The van der Waals surface area contributed by atoms with Gasteiger partial charge >= 0.3 is 0 Å². The van der Waals surface area contributed by atoms with Crippen molar-refractivity contribution in [3.63, 3.8) is 0 Å². The fraction of sp³-hybridized carbons (Fsp3) is 0.0476. The Morgan fingerprint density at radius 2 is 1.22 bits per heavy atom. The maximum absolute atomic E-state index is 6.56. The highest BCUT2D eigenvalue weighted by atomic mass is 28.3. The molecule has 0 N–H and O–H groups in total. The Balaban J connectivity index is 1.21. The summed E-state index contributed by atoms with van der Waals surface area (Å²) in [6.07, 6.45) is 0. The van der Waals surface area contributed by atoms with Gasteiger partial charge in [-0.25, -0.2) is 0 Å². The summed E-state index contributed by atoms with van der Waals surface area (Å²) in [4.78, 5) is 2.40. The predicted octanol–water partition coefficient (Wildman–Crippen LogP) is 10.7. The van der Waals surface area contributed by atoms with Gasteiger partial charge in [0, 0.05) is 33.4 Å². The van der Waals surface area contributed by atoms with Crippen molar-refractivity contribution in [3.8, 4) is 22.3 Å². The Labute approximate surface area is 263 Å². The van der Waals surface area contributed by atoms with E-state index in [2.05, 4.69) is 170 Å². The molecule has 0 aliphatic carbocycles. The molecule has 7 aromatic carbocycles. The van der Waals surface area contributed by atoms with E-state index in [-0.39, 0.29) is 0 Å². The second-order valence-corrected chi connectivity index (χ2v) is 16.9. The molecule has 9 rings (SSSR count). The normalized spacial score (nSPS) is 13.3. The van der Waals surface area contributed by atoms with Gasteiger partial charge in [0.15, 0.2) is 0 Å². The first-order chi connectivity index (χ1) is 22.1. The molecule has 0 bridgehead atoms. The van der Waals surface area contributed by atoms with Crippen LogP contribution in [0.2, 0.25) is 13.1 Å². The van der Waals surface area contributed by atoms with Gasteiger partial charge in [0.25, 0.3) is 0 Å². The fourth-order valence-corrected chi connectivity index (χ4v) is 10.4. The van der Waals surface area contributed by atoms with E-state index in [1.165, 1.54) is 59.9 Å². The van der Waals surface area contributed by atoms with Crippen LogP contribution in [-0.2, 0) is 0 Å². The molecule has 0 amide bonds. The largest absolute Gasteiger partial charge is 0.455 e. The molecule has 0 saturated heterocycles. The van der Waals surface area contributed by atoms with Crippen molar-refractivity contribution in [2.24, 2.45) is 0 Å². The van der Waals surface area contributed by atoms with Gasteiger partial charge in [0.05, 0.1) is 0 Å². The number of para-hydroxylation sites is 2. The average Bonchev–Trinajstić information content (AvgIpc) is 3.57. The SMILES string of the molecule is C[Si]1(C)c2cc(N(c3ccccc3)c3cccc(-c4ccc5ccccc5c4)c3)ccc2-c2c1ccc1c2oc2ccccc21. The number of hydrogen-bond donors (Lipinski definition) is 0. The van der Waals surface area contributed by atoms with Crippen molar-refractivity contribution >= 4 is 68.2 Å². The third-order valence-electron chi connectivity index (χ3n) is 9.63. The highest BCUT2D eigenvalue weighted by Crippen LogP contribution is 2.42. The minimum absolute atomic E-state index is 0.951. The van der Waals surface area contributed by atoms with E-state index in [1.54, 1.807) is 0 Å². The molecule has 3 heteroatoms. The number of fused-ring (bicyclic) bond motifs is 8. The lowest BCUT2D eigenvalue weighted by atomic mass is 10.00. The smallest absolute Gasteiger partial charge is 0.143 e. The Morgan fingerprint density at radius 3 is 2.11 bits per heavy atom. The van der Waals surface area contributed by atoms with Gasteiger partial charge < -0.3 is 9.32 Å². The van der Waals surface area contributed by atoms with E-state index in [0.29, 0.717) is 0 Å². The summed E-state index contributed by atoms with van der Waals surface area (Å²) >= 11 is 0. The van der Waals surface area contributed by atoms with Crippen molar-refractivity contribution in [3.05, 3.63) is 152 Å². The van der Waals surface area contributed by atoms with Crippen molar-refractivity contribution < 1.29 is 4.42 Å². The predicted molar refractivity (Wildman–Crippen MR) is 194 cm³/mol. The van der Waals surface area contributed by atoms with Crippen LogP contribution >= 0.6 is 0 Å². The molecule has 214 valence electrons. The first-order valence-corrected chi connectivity index (χ1v) is 18.6. The average molecular weight is 594 g/mol. The third-order valence-corrected chi connectivity index (χ3v) is 13.1. The summed E-state index contributed by atoms with van der Waals surface area (Å²) in [5.74, 6) is 0. The van der Waals surface area contributed by atoms with E-state index < -0.39 is 8.07 Å². The number of rotatable bonds is 4. The van der Waals surface area contributed by atoms with Crippen LogP contribution in [0.4, 0.5) is 17.1 Å². The Bertz CT molecular complexity index is 2420. The van der Waals surface area contributed by atoms with Gasteiger partial charge in [0.1, 0.15) is 19.2 Å². The summed E-state index contributed by atoms with van der Waals surface area (Å²) in [7, 11) is -2.00. The molecule has 2 nitrogen and oxygen atoms in total. The highest BCUT2D eigenvalue weighted by molar-refractivity contribution is 7.04. The van der Waals surface area contributed by atoms with Gasteiger partial charge in [-0.05, 0) is 86.4 Å². The fourth-order valence-electron chi connectivity index (χ4n) is 7.35. The van der Waals surface area contributed by atoms with Crippen LogP contribution in [0.1, 0.15) is 0 Å². The van der Waals surface area contributed by atoms with Crippen molar-refractivity contribution in [1.29, 1.82) is 0 Å². The zero-order chi connectivity index (χ0) is 30.1. The van der Waals surface area contributed by atoms with Crippen LogP contribution in [0, 0.1) is 0 Å². The second kappa shape index (κ2) is 9.81. The summed E-state index contributed by atoms with van der Waals surface area (Å²) in [5, 5.41) is 7.79. The molecule has 0 unspecified atom stereocenters. The number of nitrogens with zero attached hydrogens (tertiary/aromatic N) is 1. The lowest BCUT2D eigenvalue weighted by Crippen LogP contribution is -2.49. The molecule has 0 fully saturated rings. The molecular formula is C42H31NOSi. The van der Waals surface area contributed by atoms with Gasteiger partial charge in [-0.15, -0.1) is 0 Å². The van der Waals surface area contributed by atoms with E-state index >= 15 is 0 Å². The molecule has 0 spiro atoms. The first kappa shape index (κ1) is 26.1. The molecule has 2 heterocycles. The van der Waals surface area contributed by atoms with Crippen LogP contribution in [0.5, 0.6) is 0 Å². The van der Waals surface area contributed by atoms with E-state index in [1.807, 2.05) is 0 Å². The summed E-state index contributed by atoms with van der Waals surface area (Å²) in [6, 6.07) is 55.1. The summed E-state index contributed by atoms with van der Waals surface area (Å²) < 4.78 is 6.56. The van der Waals surface area contributed by atoms with Gasteiger partial charge in [-0.3, -0.25) is 0 Å².